The second-order valence-electron chi connectivity index (χ2n) is 9.88. The molecule has 2 N–H and O–H groups in total. The number of nitrogens with one attached hydrogen (secondary N) is 2. The lowest BCUT2D eigenvalue weighted by molar-refractivity contribution is -0.123. The molecule has 3 aromatic heterocycles. The highest BCUT2D eigenvalue weighted by atomic mass is 35.5. The highest BCUT2D eigenvalue weighted by molar-refractivity contribution is 7.91. The number of pyridine rings is 1. The van der Waals surface area contributed by atoms with Crippen LogP contribution < -0.4 is 10.6 Å². The Morgan fingerprint density at radius 3 is 2.14 bits per heavy atom. The minimum Gasteiger partial charge on any atom is -0.359 e. The number of rotatable bonds is 8. The van der Waals surface area contributed by atoms with Crippen molar-refractivity contribution in [2.24, 2.45) is 0 Å². The third kappa shape index (κ3) is 6.51. The van der Waals surface area contributed by atoms with Crippen molar-refractivity contribution >= 4 is 60.8 Å². The van der Waals surface area contributed by atoms with E-state index < -0.39 is 28.0 Å². The number of halogens is 1. The molecule has 0 aliphatic carbocycles. The number of piperazine rings is 1. The second-order valence-corrected chi connectivity index (χ2v) is 13.6. The minimum absolute atomic E-state index is 0.0991. The lowest BCUT2D eigenvalue weighted by Gasteiger charge is -2.45. The van der Waals surface area contributed by atoms with Gasteiger partial charge in [0.05, 0.1) is 17.6 Å². The molecule has 0 saturated carbocycles. The Morgan fingerprint density at radius 1 is 0.953 bits per heavy atom. The summed E-state index contributed by atoms with van der Waals surface area (Å²) < 4.78 is 29.9. The summed E-state index contributed by atoms with van der Waals surface area (Å²) in [6, 6.07) is 8.41. The number of nitrogens with zero attached hydrogens (tertiary/aromatic N) is 5. The van der Waals surface area contributed by atoms with Gasteiger partial charge in [0.1, 0.15) is 4.21 Å². The van der Waals surface area contributed by atoms with Crippen molar-refractivity contribution in [1.29, 1.82) is 0 Å². The number of benzene rings is 1. The van der Waals surface area contributed by atoms with Gasteiger partial charge >= 0.3 is 0 Å². The fourth-order valence-corrected chi connectivity index (χ4v) is 8.32. The molecule has 1 aliphatic rings. The number of amides is 3. The van der Waals surface area contributed by atoms with E-state index in [2.05, 4.69) is 25.6 Å². The highest BCUT2D eigenvalue weighted by Gasteiger charge is 2.44. The Balaban J connectivity index is 1.50. The first kappa shape index (κ1) is 30.5. The molecule has 4 aromatic rings. The van der Waals surface area contributed by atoms with Crippen LogP contribution in [0.25, 0.3) is 21.5 Å². The van der Waals surface area contributed by atoms with Gasteiger partial charge in [0.25, 0.3) is 15.9 Å². The topological polar surface area (TPSA) is 155 Å². The van der Waals surface area contributed by atoms with E-state index in [0.717, 1.165) is 16.7 Å². The molecular formula is C28H28ClN7O5S2. The zero-order valence-electron chi connectivity index (χ0n) is 23.2. The van der Waals surface area contributed by atoms with Crippen molar-refractivity contribution in [3.63, 3.8) is 0 Å². The van der Waals surface area contributed by atoms with Gasteiger partial charge in [-0.25, -0.2) is 18.4 Å². The zero-order valence-corrected chi connectivity index (χ0v) is 25.6. The maximum atomic E-state index is 14.0. The molecule has 1 aliphatic heterocycles. The molecule has 15 heteroatoms. The second kappa shape index (κ2) is 12.7. The van der Waals surface area contributed by atoms with Gasteiger partial charge < -0.3 is 15.5 Å². The van der Waals surface area contributed by atoms with Gasteiger partial charge in [-0.15, -0.1) is 11.3 Å². The predicted molar refractivity (Wildman–Crippen MR) is 162 cm³/mol. The summed E-state index contributed by atoms with van der Waals surface area (Å²) >= 11 is 7.19. The fraction of sp³-hybridized carbons (Fsp3) is 0.286. The summed E-state index contributed by atoms with van der Waals surface area (Å²) in [6.45, 7) is -0.312. The van der Waals surface area contributed by atoms with Crippen LogP contribution in [0.15, 0.2) is 65.4 Å². The normalized spacial score (nSPS) is 17.5. The van der Waals surface area contributed by atoms with Gasteiger partial charge in [0, 0.05) is 80.1 Å². The molecule has 0 spiro atoms. The Bertz CT molecular complexity index is 1740. The molecule has 0 radical (unpaired) electrons. The van der Waals surface area contributed by atoms with E-state index in [1.807, 2.05) is 0 Å². The smallest absolute Gasteiger partial charge is 0.257 e. The van der Waals surface area contributed by atoms with Crippen LogP contribution in [0.3, 0.4) is 0 Å². The fourth-order valence-electron chi connectivity index (χ4n) is 4.98. The van der Waals surface area contributed by atoms with Crippen molar-refractivity contribution in [2.45, 2.75) is 29.1 Å². The van der Waals surface area contributed by atoms with Crippen molar-refractivity contribution < 1.29 is 22.8 Å². The van der Waals surface area contributed by atoms with E-state index in [4.69, 9.17) is 11.6 Å². The number of aromatic nitrogens is 3. The molecule has 2 unspecified atom stereocenters. The molecule has 3 amide bonds. The summed E-state index contributed by atoms with van der Waals surface area (Å²) in [7, 11) is -1.14. The summed E-state index contributed by atoms with van der Waals surface area (Å²) in [6.07, 6.45) is 5.60. The molecule has 1 aromatic carbocycles. The molecular weight excluding hydrogens is 614 g/mol. The van der Waals surface area contributed by atoms with Crippen molar-refractivity contribution in [1.82, 2.24) is 34.8 Å². The maximum absolute atomic E-state index is 14.0. The molecule has 12 nitrogen and oxygen atoms in total. The van der Waals surface area contributed by atoms with Gasteiger partial charge in [0.2, 0.25) is 11.8 Å². The van der Waals surface area contributed by atoms with Crippen LogP contribution >= 0.6 is 22.9 Å². The predicted octanol–water partition coefficient (Wildman–Crippen LogP) is 2.56. The first-order chi connectivity index (χ1) is 20.6. The van der Waals surface area contributed by atoms with Crippen LogP contribution in [0.5, 0.6) is 0 Å². The lowest BCUT2D eigenvalue weighted by Crippen LogP contribution is -2.63. The highest BCUT2D eigenvalue weighted by Crippen LogP contribution is 2.35. The van der Waals surface area contributed by atoms with Crippen LogP contribution in [0.2, 0.25) is 5.02 Å². The van der Waals surface area contributed by atoms with E-state index in [-0.39, 0.29) is 47.5 Å². The summed E-state index contributed by atoms with van der Waals surface area (Å²) in [5.74, 6) is -0.899. The van der Waals surface area contributed by atoms with Gasteiger partial charge in [-0.3, -0.25) is 19.4 Å². The summed E-state index contributed by atoms with van der Waals surface area (Å²) in [5.41, 5.74) is 0.852. The van der Waals surface area contributed by atoms with Crippen LogP contribution in [0, 0.1) is 0 Å². The third-order valence-corrected chi connectivity index (χ3v) is 10.8. The number of fused-ring (bicyclic) bond motifs is 1. The Kier molecular flexibility index (Phi) is 9.01. The standard InChI is InChI=1S/C28H28ClN7O5S2/c1-30-24(37)11-21-15-35(43(40,41)26-9-18-3-4-20(29)10-23(18)42-26)16-22(12-25(38)31-2)36(21)28(39)19-13-33-27(34-14-19)17-5-7-32-8-6-17/h3-10,13-14,21-22H,11-12,15-16H2,1-2H3,(H,30,37)(H,31,38). The van der Waals surface area contributed by atoms with Crippen LogP contribution in [-0.4, -0.2) is 89.6 Å². The molecule has 1 saturated heterocycles. The molecule has 5 rings (SSSR count). The Morgan fingerprint density at radius 2 is 1.56 bits per heavy atom. The van der Waals surface area contributed by atoms with E-state index in [0.29, 0.717) is 21.1 Å². The van der Waals surface area contributed by atoms with Crippen molar-refractivity contribution in [3.8, 4) is 11.4 Å². The van der Waals surface area contributed by atoms with Gasteiger partial charge in [-0.1, -0.05) is 17.7 Å². The van der Waals surface area contributed by atoms with Crippen LogP contribution in [0.1, 0.15) is 23.2 Å². The average molecular weight is 642 g/mol. The monoisotopic (exact) mass is 641 g/mol. The number of sulfonamides is 1. The van der Waals surface area contributed by atoms with E-state index in [1.165, 1.54) is 35.7 Å². The SMILES string of the molecule is CNC(=O)CC1CN(S(=O)(=O)c2cc3ccc(Cl)cc3s2)CC(CC(=O)NC)N1C(=O)c1cnc(-c2ccncc2)nc1. The van der Waals surface area contributed by atoms with E-state index >= 15 is 0 Å². The van der Waals surface area contributed by atoms with Crippen LogP contribution in [-0.2, 0) is 19.6 Å². The first-order valence-corrected chi connectivity index (χ1v) is 15.9. The zero-order chi connectivity index (χ0) is 30.7. The molecule has 1 fully saturated rings. The Labute approximate surface area is 257 Å². The van der Waals surface area contributed by atoms with E-state index in [1.54, 1.807) is 48.8 Å². The molecule has 224 valence electrons. The lowest BCUT2D eigenvalue weighted by atomic mass is 10.00. The number of hydrogen-bond donors (Lipinski definition) is 2. The largest absolute Gasteiger partial charge is 0.359 e. The minimum atomic E-state index is -4.06. The average Bonchev–Trinajstić information content (AvgIpc) is 3.45. The molecule has 43 heavy (non-hydrogen) atoms. The number of hydrogen-bond acceptors (Lipinski definition) is 9. The van der Waals surface area contributed by atoms with Crippen LogP contribution in [0.4, 0.5) is 0 Å². The maximum Gasteiger partial charge on any atom is 0.257 e. The quantitative estimate of drug-likeness (QED) is 0.298. The molecule has 4 heterocycles. The van der Waals surface area contributed by atoms with Gasteiger partial charge in [-0.2, -0.15) is 4.31 Å². The van der Waals surface area contributed by atoms with Crippen molar-refractivity contribution in [3.05, 3.63) is 71.8 Å². The van der Waals surface area contributed by atoms with Gasteiger partial charge in [-0.05, 0) is 35.7 Å². The van der Waals surface area contributed by atoms with Crippen molar-refractivity contribution in [2.75, 3.05) is 27.2 Å². The third-order valence-electron chi connectivity index (χ3n) is 7.14. The van der Waals surface area contributed by atoms with E-state index in [9.17, 15) is 22.8 Å². The molecule has 0 bridgehead atoms. The number of thiophene rings is 1. The Hall–Kier alpha value is -3.98. The molecule has 2 atom stereocenters. The number of carbonyl (C=O) groups excluding carboxylic acids is 3. The van der Waals surface area contributed by atoms with Gasteiger partial charge in [0.15, 0.2) is 5.82 Å². The number of carbonyl (C=O) groups is 3. The first-order valence-electron chi connectivity index (χ1n) is 13.3. The summed E-state index contributed by atoms with van der Waals surface area (Å²) in [5, 5.41) is 6.30. The summed E-state index contributed by atoms with van der Waals surface area (Å²) in [4.78, 5) is 53.3.